The van der Waals surface area contributed by atoms with E-state index >= 15 is 0 Å². The van der Waals surface area contributed by atoms with Crippen LogP contribution in [-0.2, 0) is 12.8 Å². The Morgan fingerprint density at radius 2 is 1.76 bits per heavy atom. The summed E-state index contributed by atoms with van der Waals surface area (Å²) in [5.74, 6) is 1.66. The number of halogens is 1. The van der Waals surface area contributed by atoms with Crippen LogP contribution in [0.4, 0.5) is 0 Å². The molecule has 0 amide bonds. The molecule has 0 aliphatic rings. The van der Waals surface area contributed by atoms with Gasteiger partial charge in [-0.3, -0.25) is 0 Å². The zero-order valence-corrected chi connectivity index (χ0v) is 12.4. The predicted octanol–water partition coefficient (Wildman–Crippen LogP) is 2.92. The van der Waals surface area contributed by atoms with Gasteiger partial charge in [0, 0.05) is 6.04 Å². The highest BCUT2D eigenvalue weighted by Gasteiger charge is 2.17. The summed E-state index contributed by atoms with van der Waals surface area (Å²) >= 11 is 3.54. The molecule has 4 heteroatoms. The van der Waals surface area contributed by atoms with Crippen LogP contribution in [0.3, 0.4) is 0 Å². The summed E-state index contributed by atoms with van der Waals surface area (Å²) in [6, 6.07) is 2.22. The molecule has 0 aliphatic carbocycles. The van der Waals surface area contributed by atoms with E-state index < -0.39 is 0 Å². The molecule has 17 heavy (non-hydrogen) atoms. The number of hydrogen-bond acceptors (Lipinski definition) is 3. The minimum atomic E-state index is 0.105. The zero-order valence-electron chi connectivity index (χ0n) is 10.8. The highest BCUT2D eigenvalue weighted by atomic mass is 79.9. The van der Waals surface area contributed by atoms with Crippen molar-refractivity contribution in [1.29, 1.82) is 0 Å². The van der Waals surface area contributed by atoms with Gasteiger partial charge in [0.2, 0.25) is 0 Å². The molecule has 96 valence electrons. The summed E-state index contributed by atoms with van der Waals surface area (Å²) in [5, 5.41) is 0. The van der Waals surface area contributed by atoms with E-state index in [0.717, 1.165) is 39.9 Å². The Balaban J connectivity index is 3.34. The van der Waals surface area contributed by atoms with Crippen LogP contribution < -0.4 is 15.2 Å². The zero-order chi connectivity index (χ0) is 13.0. The van der Waals surface area contributed by atoms with Crippen LogP contribution in [0.25, 0.3) is 0 Å². The molecule has 0 radical (unpaired) electrons. The van der Waals surface area contributed by atoms with Crippen LogP contribution in [0.15, 0.2) is 10.5 Å². The topological polar surface area (TPSA) is 44.5 Å². The van der Waals surface area contributed by atoms with Crippen LogP contribution in [0.1, 0.15) is 25.0 Å². The standard InChI is InChI=1S/C13H20BrNO2/c1-5-9-7-10(6-8(2)15)13(17-4)11(14)12(9)16-3/h7-8H,5-6,15H2,1-4H3. The van der Waals surface area contributed by atoms with Crippen molar-refractivity contribution in [3.8, 4) is 11.5 Å². The summed E-state index contributed by atoms with van der Waals surface area (Å²) in [5.41, 5.74) is 8.14. The lowest BCUT2D eigenvalue weighted by atomic mass is 10.0. The molecule has 3 nitrogen and oxygen atoms in total. The Hall–Kier alpha value is -0.740. The van der Waals surface area contributed by atoms with Gasteiger partial charge >= 0.3 is 0 Å². The number of nitrogens with two attached hydrogens (primary N) is 1. The Morgan fingerprint density at radius 1 is 1.24 bits per heavy atom. The van der Waals surface area contributed by atoms with E-state index in [0.29, 0.717) is 0 Å². The van der Waals surface area contributed by atoms with E-state index in [9.17, 15) is 0 Å². The van der Waals surface area contributed by atoms with Gasteiger partial charge in [0.1, 0.15) is 16.0 Å². The second kappa shape index (κ2) is 6.26. The lowest BCUT2D eigenvalue weighted by Crippen LogP contribution is -2.18. The van der Waals surface area contributed by atoms with Gasteiger partial charge < -0.3 is 15.2 Å². The quantitative estimate of drug-likeness (QED) is 0.909. The second-order valence-corrected chi connectivity index (χ2v) is 4.90. The Kier molecular flexibility index (Phi) is 5.28. The summed E-state index contributed by atoms with van der Waals surface area (Å²) in [6.07, 6.45) is 1.70. The van der Waals surface area contributed by atoms with Crippen molar-refractivity contribution in [2.45, 2.75) is 32.7 Å². The van der Waals surface area contributed by atoms with Crippen molar-refractivity contribution >= 4 is 15.9 Å². The Bertz CT molecular complexity index is 391. The van der Waals surface area contributed by atoms with Gasteiger partial charge in [0.05, 0.1) is 14.2 Å². The third-order valence-electron chi connectivity index (χ3n) is 2.66. The highest BCUT2D eigenvalue weighted by Crippen LogP contribution is 2.40. The van der Waals surface area contributed by atoms with E-state index in [-0.39, 0.29) is 6.04 Å². The molecule has 0 spiro atoms. The van der Waals surface area contributed by atoms with Gasteiger partial charge in [0.25, 0.3) is 0 Å². The van der Waals surface area contributed by atoms with Crippen LogP contribution in [0.5, 0.6) is 11.5 Å². The average Bonchev–Trinajstić information content (AvgIpc) is 2.28. The summed E-state index contributed by atoms with van der Waals surface area (Å²) in [4.78, 5) is 0. The maximum absolute atomic E-state index is 5.86. The molecule has 1 rings (SSSR count). The SMILES string of the molecule is CCc1cc(CC(C)N)c(OC)c(Br)c1OC. The van der Waals surface area contributed by atoms with Crippen molar-refractivity contribution in [2.75, 3.05) is 14.2 Å². The number of benzene rings is 1. The first kappa shape index (κ1) is 14.3. The van der Waals surface area contributed by atoms with Gasteiger partial charge in [-0.1, -0.05) is 6.92 Å². The molecule has 0 aliphatic heterocycles. The number of aryl methyl sites for hydroxylation is 1. The molecule has 0 fully saturated rings. The van der Waals surface area contributed by atoms with Gasteiger partial charge in [0.15, 0.2) is 0 Å². The minimum Gasteiger partial charge on any atom is -0.495 e. The molecule has 1 unspecified atom stereocenters. The lowest BCUT2D eigenvalue weighted by molar-refractivity contribution is 0.382. The smallest absolute Gasteiger partial charge is 0.140 e. The maximum Gasteiger partial charge on any atom is 0.140 e. The normalized spacial score (nSPS) is 12.4. The third-order valence-corrected chi connectivity index (χ3v) is 3.38. The monoisotopic (exact) mass is 301 g/mol. The molecule has 0 bridgehead atoms. The van der Waals surface area contributed by atoms with Crippen molar-refractivity contribution < 1.29 is 9.47 Å². The molecule has 0 saturated heterocycles. The molecule has 0 aromatic heterocycles. The molecule has 1 aromatic carbocycles. The molecule has 0 heterocycles. The fraction of sp³-hybridized carbons (Fsp3) is 0.538. The van der Waals surface area contributed by atoms with E-state index in [4.69, 9.17) is 15.2 Å². The minimum absolute atomic E-state index is 0.105. The fourth-order valence-corrected chi connectivity index (χ4v) is 2.76. The third kappa shape index (κ3) is 3.13. The van der Waals surface area contributed by atoms with E-state index in [1.807, 2.05) is 6.92 Å². The van der Waals surface area contributed by atoms with Gasteiger partial charge in [-0.05, 0) is 52.9 Å². The number of methoxy groups -OCH3 is 2. The summed E-state index contributed by atoms with van der Waals surface area (Å²) in [6.45, 7) is 4.09. The Morgan fingerprint density at radius 3 is 2.18 bits per heavy atom. The van der Waals surface area contributed by atoms with E-state index in [1.165, 1.54) is 0 Å². The first-order valence-corrected chi connectivity index (χ1v) is 6.52. The van der Waals surface area contributed by atoms with Crippen molar-refractivity contribution in [1.82, 2.24) is 0 Å². The fourth-order valence-electron chi connectivity index (χ4n) is 1.93. The molecular weight excluding hydrogens is 282 g/mol. The van der Waals surface area contributed by atoms with E-state index in [1.54, 1.807) is 14.2 Å². The Labute approximate surface area is 111 Å². The summed E-state index contributed by atoms with van der Waals surface area (Å²) < 4.78 is 11.7. The predicted molar refractivity (Wildman–Crippen MR) is 74.0 cm³/mol. The maximum atomic E-state index is 5.86. The molecular formula is C13H20BrNO2. The van der Waals surface area contributed by atoms with Crippen molar-refractivity contribution in [3.63, 3.8) is 0 Å². The van der Waals surface area contributed by atoms with Crippen LogP contribution in [0.2, 0.25) is 0 Å². The van der Waals surface area contributed by atoms with E-state index in [2.05, 4.69) is 28.9 Å². The number of hydrogen-bond donors (Lipinski definition) is 1. The molecule has 2 N–H and O–H groups in total. The first-order valence-electron chi connectivity index (χ1n) is 5.72. The van der Waals surface area contributed by atoms with Crippen molar-refractivity contribution in [2.24, 2.45) is 5.73 Å². The molecule has 1 aromatic rings. The first-order chi connectivity index (χ1) is 8.04. The largest absolute Gasteiger partial charge is 0.495 e. The van der Waals surface area contributed by atoms with Gasteiger partial charge in [-0.2, -0.15) is 0 Å². The number of ether oxygens (including phenoxy) is 2. The average molecular weight is 302 g/mol. The number of rotatable bonds is 5. The second-order valence-electron chi connectivity index (χ2n) is 4.11. The summed E-state index contributed by atoms with van der Waals surface area (Å²) in [7, 11) is 3.33. The molecule has 1 atom stereocenters. The van der Waals surface area contributed by atoms with Gasteiger partial charge in [-0.15, -0.1) is 0 Å². The van der Waals surface area contributed by atoms with Crippen LogP contribution >= 0.6 is 15.9 Å². The lowest BCUT2D eigenvalue weighted by Gasteiger charge is -2.18. The molecule has 0 saturated carbocycles. The van der Waals surface area contributed by atoms with Crippen molar-refractivity contribution in [3.05, 3.63) is 21.7 Å². The van der Waals surface area contributed by atoms with Gasteiger partial charge in [-0.25, -0.2) is 0 Å². The van der Waals surface area contributed by atoms with Crippen LogP contribution in [-0.4, -0.2) is 20.3 Å². The van der Waals surface area contributed by atoms with Crippen LogP contribution in [0, 0.1) is 0 Å². The highest BCUT2D eigenvalue weighted by molar-refractivity contribution is 9.10.